The number of para-hydroxylation sites is 1. The second-order valence-corrected chi connectivity index (χ2v) is 22.2. The average Bonchev–Trinajstić information content (AvgIpc) is 3.68. The molecular formula is C64H49NSi. The monoisotopic (exact) mass is 859 g/mol. The van der Waals surface area contributed by atoms with E-state index in [9.17, 15) is 0 Å². The Labute approximate surface area is 390 Å². The molecule has 1 nitrogen and oxygen atoms in total. The van der Waals surface area contributed by atoms with Gasteiger partial charge in [-0.15, -0.1) is 0 Å². The number of benzene rings is 10. The second-order valence-electron chi connectivity index (χ2n) is 18.4. The fraction of sp³-hybridized carbons (Fsp3) is 0.0625. The van der Waals surface area contributed by atoms with Crippen LogP contribution in [0.4, 0.5) is 17.1 Å². The van der Waals surface area contributed by atoms with Crippen LogP contribution >= 0.6 is 0 Å². The minimum atomic E-state index is -2.65. The van der Waals surface area contributed by atoms with Crippen molar-refractivity contribution in [2.45, 2.75) is 24.7 Å². The zero-order chi connectivity index (χ0) is 44.3. The summed E-state index contributed by atoms with van der Waals surface area (Å²) in [5.41, 5.74) is 15.9. The number of hydrogen-bond acceptors (Lipinski definition) is 1. The lowest BCUT2D eigenvalue weighted by Gasteiger charge is -2.46. The van der Waals surface area contributed by atoms with Gasteiger partial charge in [-0.2, -0.15) is 0 Å². The van der Waals surface area contributed by atoms with Crippen LogP contribution in [0.3, 0.4) is 0 Å². The predicted molar refractivity (Wildman–Crippen MR) is 280 cm³/mol. The SMILES string of the molecule is CC1(C)c2ccccc2C2(c3ccccc3-c3ccc(N(c4ccccc4)c4cccc(-c5ccc([Si](c6ccccc6)(c6ccccc6)c6ccccc6)cc5)c4)cc32)c2ccccc21. The first-order valence-corrected chi connectivity index (χ1v) is 25.2. The van der Waals surface area contributed by atoms with E-state index in [1.54, 1.807) is 0 Å². The maximum Gasteiger partial charge on any atom is 0.179 e. The summed E-state index contributed by atoms with van der Waals surface area (Å²) >= 11 is 0. The molecule has 0 radical (unpaired) electrons. The summed E-state index contributed by atoms with van der Waals surface area (Å²) in [6, 6.07) is 97.6. The molecule has 0 unspecified atom stereocenters. The minimum Gasteiger partial charge on any atom is -0.310 e. The van der Waals surface area contributed by atoms with E-state index in [2.05, 4.69) is 280 Å². The summed E-state index contributed by atoms with van der Waals surface area (Å²) < 4.78 is 0. The standard InChI is InChI=1S/C64H49NSi/c1-63(2)58-34-17-19-36-60(58)64(61-37-20-18-35-59(61)63)57-33-16-15-32-55(57)56-43-40-50(45-62(56)64)65(48-23-7-3-8-24-48)49-25-21-22-47(44-49)46-38-41-54(42-39-46)66(51-26-9-4-10-27-51,52-28-11-5-12-29-52)53-30-13-6-14-31-53/h3-45H,1-2H3. The molecule has 10 aromatic rings. The van der Waals surface area contributed by atoms with Gasteiger partial charge in [0.2, 0.25) is 0 Å². The topological polar surface area (TPSA) is 3.24 Å². The zero-order valence-electron chi connectivity index (χ0n) is 37.3. The number of anilines is 3. The van der Waals surface area contributed by atoms with Crippen molar-refractivity contribution in [2.75, 3.05) is 4.90 Å². The normalized spacial score (nSPS) is 13.8. The van der Waals surface area contributed by atoms with Crippen LogP contribution in [0.15, 0.2) is 261 Å². The van der Waals surface area contributed by atoms with Crippen LogP contribution in [0.5, 0.6) is 0 Å². The van der Waals surface area contributed by atoms with Crippen LogP contribution in [0.2, 0.25) is 0 Å². The summed E-state index contributed by atoms with van der Waals surface area (Å²) in [4.78, 5) is 2.44. The molecule has 0 atom stereocenters. The van der Waals surface area contributed by atoms with Gasteiger partial charge in [-0.25, -0.2) is 0 Å². The minimum absolute atomic E-state index is 0.156. The van der Waals surface area contributed by atoms with E-state index in [0.717, 1.165) is 17.1 Å². The maximum atomic E-state index is 2.50. The molecule has 0 amide bonds. The molecule has 0 N–H and O–H groups in total. The van der Waals surface area contributed by atoms with E-state index < -0.39 is 13.5 Å². The summed E-state index contributed by atoms with van der Waals surface area (Å²) in [6.45, 7) is 4.78. The van der Waals surface area contributed by atoms with Gasteiger partial charge in [-0.1, -0.05) is 238 Å². The number of rotatable bonds is 8. The molecule has 2 aliphatic rings. The van der Waals surface area contributed by atoms with Gasteiger partial charge in [-0.05, 0) is 113 Å². The molecule has 0 heterocycles. The van der Waals surface area contributed by atoms with Crippen LogP contribution in [0.25, 0.3) is 22.3 Å². The third-order valence-corrected chi connectivity index (χ3v) is 19.5. The third kappa shape index (κ3) is 5.92. The fourth-order valence-electron chi connectivity index (χ4n) is 11.8. The molecule has 0 saturated carbocycles. The van der Waals surface area contributed by atoms with Crippen molar-refractivity contribution in [3.63, 3.8) is 0 Å². The number of nitrogens with zero attached hydrogens (tertiary/aromatic N) is 1. The highest BCUT2D eigenvalue weighted by Crippen LogP contribution is 2.62. The van der Waals surface area contributed by atoms with Crippen molar-refractivity contribution >= 4 is 45.9 Å². The molecule has 0 bridgehead atoms. The summed E-state index contributed by atoms with van der Waals surface area (Å²) in [7, 11) is -2.65. The molecule has 0 saturated heterocycles. The molecule has 2 heteroatoms. The summed E-state index contributed by atoms with van der Waals surface area (Å²) in [6.07, 6.45) is 0. The molecule has 1 spiro atoms. The van der Waals surface area contributed by atoms with Crippen molar-refractivity contribution < 1.29 is 0 Å². The van der Waals surface area contributed by atoms with E-state index in [0.29, 0.717) is 0 Å². The molecule has 2 aliphatic carbocycles. The lowest BCUT2D eigenvalue weighted by atomic mass is 9.55. The van der Waals surface area contributed by atoms with Gasteiger partial charge in [0.1, 0.15) is 0 Å². The molecule has 0 fully saturated rings. The average molecular weight is 860 g/mol. The first-order chi connectivity index (χ1) is 32.5. The highest BCUT2D eigenvalue weighted by molar-refractivity contribution is 7.19. The molecule has 10 aromatic carbocycles. The molecule has 0 aliphatic heterocycles. The van der Waals surface area contributed by atoms with Gasteiger partial charge in [-0.3, -0.25) is 0 Å². The van der Waals surface area contributed by atoms with Gasteiger partial charge in [0.25, 0.3) is 0 Å². The Kier molecular flexibility index (Phi) is 9.48. The van der Waals surface area contributed by atoms with E-state index in [-0.39, 0.29) is 5.41 Å². The van der Waals surface area contributed by atoms with E-state index in [1.807, 2.05) is 0 Å². The van der Waals surface area contributed by atoms with Crippen LogP contribution < -0.4 is 25.6 Å². The third-order valence-electron chi connectivity index (χ3n) is 14.7. The molecule has 0 aromatic heterocycles. The van der Waals surface area contributed by atoms with Crippen LogP contribution in [-0.4, -0.2) is 8.07 Å². The number of hydrogen-bond donors (Lipinski definition) is 0. The Morgan fingerprint density at radius 3 is 1.27 bits per heavy atom. The quantitative estimate of drug-likeness (QED) is 0.109. The number of fused-ring (bicyclic) bond motifs is 9. The van der Waals surface area contributed by atoms with Crippen molar-refractivity contribution in [1.29, 1.82) is 0 Å². The van der Waals surface area contributed by atoms with Crippen molar-refractivity contribution in [2.24, 2.45) is 0 Å². The lowest BCUT2D eigenvalue weighted by Crippen LogP contribution is -2.74. The zero-order valence-corrected chi connectivity index (χ0v) is 38.3. The van der Waals surface area contributed by atoms with Crippen LogP contribution in [0, 0.1) is 0 Å². The molecular weight excluding hydrogens is 811 g/mol. The van der Waals surface area contributed by atoms with Gasteiger partial charge in [0, 0.05) is 22.5 Å². The Morgan fingerprint density at radius 2 is 0.712 bits per heavy atom. The lowest BCUT2D eigenvalue weighted by molar-refractivity contribution is 0.563. The predicted octanol–water partition coefficient (Wildman–Crippen LogP) is 13.2. The van der Waals surface area contributed by atoms with E-state index in [1.165, 1.54) is 76.4 Å². The Balaban J connectivity index is 1.01. The van der Waals surface area contributed by atoms with Crippen LogP contribution in [0.1, 0.15) is 47.2 Å². The Morgan fingerprint density at radius 1 is 0.288 bits per heavy atom. The Bertz CT molecular complexity index is 3230. The first-order valence-electron chi connectivity index (χ1n) is 23.2. The summed E-state index contributed by atoms with van der Waals surface area (Å²) in [5.74, 6) is 0. The van der Waals surface area contributed by atoms with Crippen molar-refractivity contribution in [3.05, 3.63) is 294 Å². The molecule has 314 valence electrons. The van der Waals surface area contributed by atoms with Crippen molar-refractivity contribution in [1.82, 2.24) is 0 Å². The highest BCUT2D eigenvalue weighted by Gasteiger charge is 2.53. The highest BCUT2D eigenvalue weighted by atomic mass is 28.3. The van der Waals surface area contributed by atoms with Gasteiger partial charge in [0.05, 0.1) is 5.41 Å². The Hall–Kier alpha value is -7.78. The molecule has 12 rings (SSSR count). The van der Waals surface area contributed by atoms with E-state index >= 15 is 0 Å². The second kappa shape index (κ2) is 15.7. The maximum absolute atomic E-state index is 2.65. The van der Waals surface area contributed by atoms with Gasteiger partial charge >= 0.3 is 0 Å². The smallest absolute Gasteiger partial charge is 0.179 e. The fourth-order valence-corrected chi connectivity index (χ4v) is 16.6. The van der Waals surface area contributed by atoms with Crippen LogP contribution in [-0.2, 0) is 10.8 Å². The van der Waals surface area contributed by atoms with E-state index in [4.69, 9.17) is 0 Å². The van der Waals surface area contributed by atoms with Gasteiger partial charge in [0.15, 0.2) is 8.07 Å². The van der Waals surface area contributed by atoms with Gasteiger partial charge < -0.3 is 4.90 Å². The first kappa shape index (κ1) is 39.8. The summed E-state index contributed by atoms with van der Waals surface area (Å²) in [5, 5.41) is 5.48. The van der Waals surface area contributed by atoms with Crippen molar-refractivity contribution in [3.8, 4) is 22.3 Å². The molecule has 66 heavy (non-hydrogen) atoms. The largest absolute Gasteiger partial charge is 0.310 e.